The van der Waals surface area contributed by atoms with Crippen LogP contribution < -0.4 is 5.32 Å². The van der Waals surface area contributed by atoms with Gasteiger partial charge in [0.15, 0.2) is 0 Å². The fourth-order valence-corrected chi connectivity index (χ4v) is 2.68. The molecule has 1 saturated heterocycles. The van der Waals surface area contributed by atoms with Crippen molar-refractivity contribution in [1.82, 2.24) is 10.2 Å². The maximum atomic E-state index is 3.78. The van der Waals surface area contributed by atoms with Crippen molar-refractivity contribution in [3.63, 3.8) is 0 Å². The first-order valence-electron chi connectivity index (χ1n) is 6.27. The topological polar surface area (TPSA) is 15.3 Å². The molecule has 2 saturated carbocycles. The molecule has 3 fully saturated rings. The second-order valence-electron chi connectivity index (χ2n) is 5.72. The highest BCUT2D eigenvalue weighted by Crippen LogP contribution is 2.42. The van der Waals surface area contributed by atoms with Gasteiger partial charge in [-0.05, 0) is 52.0 Å². The molecule has 14 heavy (non-hydrogen) atoms. The number of likely N-dealkylation sites (tertiary alicyclic amines) is 1. The van der Waals surface area contributed by atoms with E-state index in [1.165, 1.54) is 51.6 Å². The van der Waals surface area contributed by atoms with Crippen LogP contribution in [0.15, 0.2) is 0 Å². The summed E-state index contributed by atoms with van der Waals surface area (Å²) >= 11 is 0. The summed E-state index contributed by atoms with van der Waals surface area (Å²) in [6.07, 6.45) is 8.52. The van der Waals surface area contributed by atoms with E-state index >= 15 is 0 Å². The Balaban J connectivity index is 1.54. The first-order valence-corrected chi connectivity index (χ1v) is 6.27. The number of hydrogen-bond donors (Lipinski definition) is 1. The van der Waals surface area contributed by atoms with Gasteiger partial charge in [-0.1, -0.05) is 0 Å². The van der Waals surface area contributed by atoms with E-state index in [2.05, 4.69) is 17.1 Å². The van der Waals surface area contributed by atoms with Crippen LogP contribution in [0.2, 0.25) is 0 Å². The summed E-state index contributed by atoms with van der Waals surface area (Å²) in [7, 11) is 0. The summed E-state index contributed by atoms with van der Waals surface area (Å²) in [6.45, 7) is 5.10. The van der Waals surface area contributed by atoms with E-state index in [4.69, 9.17) is 0 Å². The maximum absolute atomic E-state index is 3.78. The Morgan fingerprint density at radius 3 is 2.57 bits per heavy atom. The molecule has 3 rings (SSSR count). The summed E-state index contributed by atoms with van der Waals surface area (Å²) in [5.41, 5.74) is 0.601. The van der Waals surface area contributed by atoms with Crippen molar-refractivity contribution >= 4 is 0 Å². The number of rotatable bonds is 3. The fourth-order valence-electron chi connectivity index (χ4n) is 2.68. The molecule has 0 bridgehead atoms. The third-order valence-corrected chi connectivity index (χ3v) is 4.21. The average molecular weight is 194 g/mol. The van der Waals surface area contributed by atoms with E-state index in [0.29, 0.717) is 5.54 Å². The van der Waals surface area contributed by atoms with E-state index in [1.807, 2.05) is 0 Å². The van der Waals surface area contributed by atoms with Crippen LogP contribution >= 0.6 is 0 Å². The lowest BCUT2D eigenvalue weighted by molar-refractivity contribution is 0.131. The van der Waals surface area contributed by atoms with E-state index in [-0.39, 0.29) is 0 Å². The molecule has 0 radical (unpaired) electrons. The van der Waals surface area contributed by atoms with Crippen molar-refractivity contribution in [1.29, 1.82) is 0 Å². The quantitative estimate of drug-likeness (QED) is 0.736. The highest BCUT2D eigenvalue weighted by molar-refractivity contribution is 5.02. The van der Waals surface area contributed by atoms with Crippen molar-refractivity contribution in [2.24, 2.45) is 0 Å². The molecule has 1 aliphatic heterocycles. The zero-order valence-electron chi connectivity index (χ0n) is 9.26. The standard InChI is InChI=1S/C12H22N2/c1-12(6-7-12)14-8-2-3-11(9-14)13-10-4-5-10/h10-11,13H,2-9H2,1H3. The smallest absolute Gasteiger partial charge is 0.0198 e. The van der Waals surface area contributed by atoms with Crippen LogP contribution in [0.5, 0.6) is 0 Å². The summed E-state index contributed by atoms with van der Waals surface area (Å²) in [5, 5.41) is 3.78. The Morgan fingerprint density at radius 1 is 1.14 bits per heavy atom. The van der Waals surface area contributed by atoms with Crippen molar-refractivity contribution < 1.29 is 0 Å². The van der Waals surface area contributed by atoms with Gasteiger partial charge >= 0.3 is 0 Å². The van der Waals surface area contributed by atoms with Gasteiger partial charge in [0.25, 0.3) is 0 Å². The predicted octanol–water partition coefficient (Wildman–Crippen LogP) is 1.76. The van der Waals surface area contributed by atoms with Crippen molar-refractivity contribution in [2.75, 3.05) is 13.1 Å². The molecule has 0 spiro atoms. The van der Waals surface area contributed by atoms with Gasteiger partial charge in [0.05, 0.1) is 0 Å². The number of nitrogens with one attached hydrogen (secondary N) is 1. The molecule has 2 heteroatoms. The SMILES string of the molecule is CC1(N2CCCC(NC3CC3)C2)CC1. The van der Waals surface area contributed by atoms with Crippen LogP contribution in [-0.4, -0.2) is 35.6 Å². The number of hydrogen-bond acceptors (Lipinski definition) is 2. The highest BCUT2D eigenvalue weighted by Gasteiger charge is 2.44. The number of nitrogens with zero attached hydrogens (tertiary/aromatic N) is 1. The van der Waals surface area contributed by atoms with Gasteiger partial charge in [-0.25, -0.2) is 0 Å². The van der Waals surface area contributed by atoms with Gasteiger partial charge in [-0.15, -0.1) is 0 Å². The van der Waals surface area contributed by atoms with Crippen molar-refractivity contribution in [3.8, 4) is 0 Å². The normalized spacial score (nSPS) is 37.1. The molecule has 2 nitrogen and oxygen atoms in total. The number of piperidine rings is 1. The second kappa shape index (κ2) is 3.21. The van der Waals surface area contributed by atoms with Gasteiger partial charge in [0.1, 0.15) is 0 Å². The molecule has 80 valence electrons. The van der Waals surface area contributed by atoms with E-state index < -0.39 is 0 Å². The molecule has 1 atom stereocenters. The zero-order valence-corrected chi connectivity index (χ0v) is 9.26. The van der Waals surface area contributed by atoms with Crippen LogP contribution in [0.3, 0.4) is 0 Å². The Morgan fingerprint density at radius 2 is 1.93 bits per heavy atom. The Labute approximate surface area is 87.0 Å². The molecule has 1 heterocycles. The minimum absolute atomic E-state index is 0.601. The molecule has 3 aliphatic rings. The van der Waals surface area contributed by atoms with E-state index in [0.717, 1.165) is 12.1 Å². The summed E-state index contributed by atoms with van der Waals surface area (Å²) in [6, 6.07) is 1.68. The van der Waals surface area contributed by atoms with Crippen molar-refractivity contribution in [3.05, 3.63) is 0 Å². The Hall–Kier alpha value is -0.0800. The molecular formula is C12H22N2. The zero-order chi connectivity index (χ0) is 9.60. The lowest BCUT2D eigenvalue weighted by Crippen LogP contribution is -2.50. The van der Waals surface area contributed by atoms with Crippen molar-refractivity contribution in [2.45, 2.75) is 63.1 Å². The molecular weight excluding hydrogens is 172 g/mol. The van der Waals surface area contributed by atoms with Gasteiger partial charge in [0.2, 0.25) is 0 Å². The molecule has 0 aromatic heterocycles. The fraction of sp³-hybridized carbons (Fsp3) is 1.00. The summed E-state index contributed by atoms with van der Waals surface area (Å²) in [5.74, 6) is 0. The van der Waals surface area contributed by atoms with Gasteiger partial charge in [-0.2, -0.15) is 0 Å². The lowest BCUT2D eigenvalue weighted by Gasteiger charge is -2.37. The first kappa shape index (κ1) is 9.17. The third-order valence-electron chi connectivity index (χ3n) is 4.21. The molecule has 0 aromatic carbocycles. The Kier molecular flexibility index (Phi) is 2.10. The second-order valence-corrected chi connectivity index (χ2v) is 5.72. The van der Waals surface area contributed by atoms with E-state index in [1.54, 1.807) is 0 Å². The van der Waals surface area contributed by atoms with Gasteiger partial charge in [0, 0.05) is 24.2 Å². The van der Waals surface area contributed by atoms with E-state index in [9.17, 15) is 0 Å². The first-order chi connectivity index (χ1) is 6.76. The largest absolute Gasteiger partial charge is 0.310 e. The molecule has 2 aliphatic carbocycles. The van der Waals surface area contributed by atoms with Gasteiger partial charge < -0.3 is 5.32 Å². The minimum Gasteiger partial charge on any atom is -0.310 e. The van der Waals surface area contributed by atoms with Crippen LogP contribution in [-0.2, 0) is 0 Å². The lowest BCUT2D eigenvalue weighted by atomic mass is 10.0. The average Bonchev–Trinajstić information content (AvgIpc) is 3.05. The minimum atomic E-state index is 0.601. The summed E-state index contributed by atoms with van der Waals surface area (Å²) in [4.78, 5) is 2.73. The molecule has 1 unspecified atom stereocenters. The van der Waals surface area contributed by atoms with Crippen LogP contribution in [0.25, 0.3) is 0 Å². The van der Waals surface area contributed by atoms with Crippen LogP contribution in [0, 0.1) is 0 Å². The van der Waals surface area contributed by atoms with Crippen LogP contribution in [0.1, 0.15) is 45.4 Å². The molecule has 0 amide bonds. The maximum Gasteiger partial charge on any atom is 0.0198 e. The molecule has 1 N–H and O–H groups in total. The monoisotopic (exact) mass is 194 g/mol. The highest BCUT2D eigenvalue weighted by atomic mass is 15.2. The molecule has 0 aromatic rings. The summed E-state index contributed by atoms with van der Waals surface area (Å²) < 4.78 is 0. The van der Waals surface area contributed by atoms with Gasteiger partial charge in [-0.3, -0.25) is 4.90 Å². The predicted molar refractivity (Wildman–Crippen MR) is 58.4 cm³/mol. The van der Waals surface area contributed by atoms with Crippen LogP contribution in [0.4, 0.5) is 0 Å². The third kappa shape index (κ3) is 1.82. The Bertz CT molecular complexity index is 218.